The third-order valence-corrected chi connectivity index (χ3v) is 4.84. The van der Waals surface area contributed by atoms with Gasteiger partial charge < -0.3 is 15.4 Å². The Kier molecular flexibility index (Phi) is 3.59. The van der Waals surface area contributed by atoms with E-state index in [1.54, 1.807) is 6.20 Å². The first kappa shape index (κ1) is 14.3. The third-order valence-electron chi connectivity index (χ3n) is 3.74. The number of carbonyl (C=O) groups is 1. The molecule has 0 saturated carbocycles. The van der Waals surface area contributed by atoms with E-state index >= 15 is 0 Å². The Hall–Kier alpha value is -1.66. The monoisotopic (exact) mass is 305 g/mol. The highest BCUT2D eigenvalue weighted by molar-refractivity contribution is 7.21. The van der Waals surface area contributed by atoms with Gasteiger partial charge in [0.25, 0.3) is 5.91 Å². The van der Waals surface area contributed by atoms with Crippen LogP contribution in [0.3, 0.4) is 0 Å². The van der Waals surface area contributed by atoms with Crippen LogP contribution in [0.5, 0.6) is 0 Å². The summed E-state index contributed by atoms with van der Waals surface area (Å²) in [7, 11) is 0. The Morgan fingerprint density at radius 2 is 2.10 bits per heavy atom. The van der Waals surface area contributed by atoms with Crippen LogP contribution in [0.15, 0.2) is 12.3 Å². The van der Waals surface area contributed by atoms with Crippen molar-refractivity contribution < 1.29 is 9.53 Å². The van der Waals surface area contributed by atoms with Crippen molar-refractivity contribution in [3.63, 3.8) is 0 Å². The van der Waals surface area contributed by atoms with Gasteiger partial charge in [-0.1, -0.05) is 0 Å². The second kappa shape index (κ2) is 5.27. The number of aryl methyl sites for hydroxylation is 1. The molecule has 1 aliphatic heterocycles. The zero-order chi connectivity index (χ0) is 15.1. The van der Waals surface area contributed by atoms with Crippen LogP contribution in [0, 0.1) is 6.92 Å². The normalized spacial score (nSPS) is 22.7. The maximum Gasteiger partial charge on any atom is 0.266 e. The molecule has 2 atom stereocenters. The summed E-state index contributed by atoms with van der Waals surface area (Å²) in [6.07, 6.45) is 1.85. The number of fused-ring (bicyclic) bond motifs is 1. The fourth-order valence-corrected chi connectivity index (χ4v) is 3.96. The third kappa shape index (κ3) is 2.49. The van der Waals surface area contributed by atoms with Gasteiger partial charge in [-0.25, -0.2) is 4.98 Å². The number of aromatic nitrogens is 1. The average Bonchev–Trinajstić information content (AvgIpc) is 2.75. The number of carbonyl (C=O) groups excluding carboxylic acids is 1. The van der Waals surface area contributed by atoms with E-state index in [9.17, 15) is 4.79 Å². The fourth-order valence-electron chi connectivity index (χ4n) is 2.85. The van der Waals surface area contributed by atoms with Crippen molar-refractivity contribution in [3.05, 3.63) is 22.7 Å². The lowest BCUT2D eigenvalue weighted by molar-refractivity contribution is -0.0584. The number of rotatable bonds is 1. The Morgan fingerprint density at radius 3 is 2.71 bits per heavy atom. The van der Waals surface area contributed by atoms with Gasteiger partial charge in [0, 0.05) is 24.7 Å². The molecule has 1 amide bonds. The minimum atomic E-state index is -0.0168. The first-order chi connectivity index (χ1) is 9.97. The molecule has 1 aliphatic rings. The second-order valence-electron chi connectivity index (χ2n) is 5.62. The van der Waals surface area contributed by atoms with Crippen LogP contribution in [-0.2, 0) is 4.74 Å². The first-order valence-electron chi connectivity index (χ1n) is 7.05. The van der Waals surface area contributed by atoms with Gasteiger partial charge in [-0.15, -0.1) is 11.3 Å². The Labute approximate surface area is 127 Å². The van der Waals surface area contributed by atoms with Gasteiger partial charge in [-0.3, -0.25) is 4.79 Å². The van der Waals surface area contributed by atoms with Gasteiger partial charge in [0.2, 0.25) is 0 Å². The van der Waals surface area contributed by atoms with Gasteiger partial charge in [0.1, 0.15) is 9.71 Å². The minimum Gasteiger partial charge on any atom is -0.397 e. The molecule has 0 bridgehead atoms. The molecule has 2 aromatic heterocycles. The van der Waals surface area contributed by atoms with Gasteiger partial charge in [-0.05, 0) is 32.4 Å². The predicted molar refractivity (Wildman–Crippen MR) is 84.7 cm³/mol. The van der Waals surface area contributed by atoms with Crippen LogP contribution in [-0.4, -0.2) is 41.1 Å². The van der Waals surface area contributed by atoms with Crippen molar-refractivity contribution in [2.75, 3.05) is 18.8 Å². The summed E-state index contributed by atoms with van der Waals surface area (Å²) in [5.74, 6) is -0.0168. The molecule has 0 spiro atoms. The predicted octanol–water partition coefficient (Wildman–Crippen LogP) is 2.44. The van der Waals surface area contributed by atoms with Crippen molar-refractivity contribution in [1.82, 2.24) is 9.88 Å². The van der Waals surface area contributed by atoms with E-state index in [1.165, 1.54) is 11.3 Å². The van der Waals surface area contributed by atoms with Gasteiger partial charge in [0.05, 0.1) is 17.9 Å². The van der Waals surface area contributed by atoms with Crippen LogP contribution in [0.1, 0.15) is 29.1 Å². The van der Waals surface area contributed by atoms with Crippen LogP contribution in [0.2, 0.25) is 0 Å². The molecule has 1 fully saturated rings. The highest BCUT2D eigenvalue weighted by Gasteiger charge is 2.29. The molecule has 3 rings (SSSR count). The number of anilines is 1. The summed E-state index contributed by atoms with van der Waals surface area (Å²) in [6.45, 7) is 7.15. The summed E-state index contributed by atoms with van der Waals surface area (Å²) >= 11 is 1.37. The molecule has 3 heterocycles. The maximum absolute atomic E-state index is 12.8. The highest BCUT2D eigenvalue weighted by atomic mass is 32.1. The van der Waals surface area contributed by atoms with Crippen LogP contribution in [0.25, 0.3) is 10.2 Å². The zero-order valence-corrected chi connectivity index (χ0v) is 13.2. The first-order valence-corrected chi connectivity index (χ1v) is 7.87. The van der Waals surface area contributed by atoms with Crippen molar-refractivity contribution in [1.29, 1.82) is 0 Å². The summed E-state index contributed by atoms with van der Waals surface area (Å²) in [5, 5.41) is 0.903. The van der Waals surface area contributed by atoms with Crippen molar-refractivity contribution in [3.8, 4) is 0 Å². The lowest BCUT2D eigenvalue weighted by Crippen LogP contribution is -2.48. The molecule has 2 aromatic rings. The largest absolute Gasteiger partial charge is 0.397 e. The molecule has 5 nitrogen and oxygen atoms in total. The number of nitrogens with zero attached hydrogens (tertiary/aromatic N) is 2. The molecule has 6 heteroatoms. The highest BCUT2D eigenvalue weighted by Crippen LogP contribution is 2.35. The Bertz CT molecular complexity index is 688. The molecular formula is C15H19N3O2S. The molecule has 2 unspecified atom stereocenters. The smallest absolute Gasteiger partial charge is 0.266 e. The van der Waals surface area contributed by atoms with Crippen LogP contribution < -0.4 is 5.73 Å². The topological polar surface area (TPSA) is 68.5 Å². The van der Waals surface area contributed by atoms with E-state index in [4.69, 9.17) is 10.5 Å². The number of pyridine rings is 1. The number of ether oxygens (including phenoxy) is 1. The average molecular weight is 305 g/mol. The maximum atomic E-state index is 12.8. The molecule has 0 aliphatic carbocycles. The zero-order valence-electron chi connectivity index (χ0n) is 12.4. The Balaban J connectivity index is 1.98. The number of morpholine rings is 1. The van der Waals surface area contributed by atoms with E-state index in [0.717, 1.165) is 15.8 Å². The van der Waals surface area contributed by atoms with E-state index < -0.39 is 0 Å². The van der Waals surface area contributed by atoms with E-state index in [-0.39, 0.29) is 18.1 Å². The number of amides is 1. The lowest BCUT2D eigenvalue weighted by Gasteiger charge is -2.35. The lowest BCUT2D eigenvalue weighted by atomic mass is 10.1. The summed E-state index contributed by atoms with van der Waals surface area (Å²) in [5.41, 5.74) is 7.81. The SMILES string of the molecule is Cc1ccnc2sc(C(=O)N3CC(C)OC(C)C3)c(N)c12. The van der Waals surface area contributed by atoms with Crippen molar-refractivity contribution in [2.24, 2.45) is 0 Å². The molecule has 1 saturated heterocycles. The number of thiophene rings is 1. The van der Waals surface area contributed by atoms with Crippen LogP contribution >= 0.6 is 11.3 Å². The number of nitrogen functional groups attached to an aromatic ring is 1. The molecular weight excluding hydrogens is 286 g/mol. The standard InChI is InChI=1S/C15H19N3O2S/c1-8-4-5-17-14-11(8)12(16)13(21-14)15(19)18-6-9(2)20-10(3)7-18/h4-5,9-10H,6-7,16H2,1-3H3. The molecule has 2 N–H and O–H groups in total. The molecule has 0 aromatic carbocycles. The van der Waals surface area contributed by atoms with Gasteiger partial charge >= 0.3 is 0 Å². The minimum absolute atomic E-state index is 0.0168. The molecule has 0 radical (unpaired) electrons. The summed E-state index contributed by atoms with van der Waals surface area (Å²) < 4.78 is 5.68. The fraction of sp³-hybridized carbons (Fsp3) is 0.467. The number of hydrogen-bond donors (Lipinski definition) is 1. The summed E-state index contributed by atoms with van der Waals surface area (Å²) in [6, 6.07) is 1.92. The van der Waals surface area contributed by atoms with Gasteiger partial charge in [0.15, 0.2) is 0 Å². The second-order valence-corrected chi connectivity index (χ2v) is 6.62. The Morgan fingerprint density at radius 1 is 1.43 bits per heavy atom. The van der Waals surface area contributed by atoms with Gasteiger partial charge in [-0.2, -0.15) is 0 Å². The van der Waals surface area contributed by atoms with Crippen molar-refractivity contribution in [2.45, 2.75) is 33.0 Å². The molecule has 21 heavy (non-hydrogen) atoms. The van der Waals surface area contributed by atoms with E-state index in [0.29, 0.717) is 23.7 Å². The van der Waals surface area contributed by atoms with E-state index in [1.807, 2.05) is 31.7 Å². The van der Waals surface area contributed by atoms with Crippen molar-refractivity contribution >= 4 is 33.1 Å². The summed E-state index contributed by atoms with van der Waals surface area (Å²) in [4.78, 5) is 20.3. The number of nitrogens with two attached hydrogens (primary N) is 1. The quantitative estimate of drug-likeness (QED) is 0.878. The molecule has 112 valence electrons. The number of hydrogen-bond acceptors (Lipinski definition) is 5. The van der Waals surface area contributed by atoms with E-state index in [2.05, 4.69) is 4.98 Å². The van der Waals surface area contributed by atoms with Crippen LogP contribution in [0.4, 0.5) is 5.69 Å².